The minimum Gasteiger partial charge on any atom is -0.378 e. The number of nitrogens with zero attached hydrogens (tertiary/aromatic N) is 2. The zero-order valence-corrected chi connectivity index (χ0v) is 14.7. The average Bonchev–Trinajstić information content (AvgIpc) is 2.64. The van der Waals surface area contributed by atoms with Gasteiger partial charge >= 0.3 is 12.1 Å². The number of aryl methyl sites for hydroxylation is 1. The first kappa shape index (κ1) is 17.5. The molecule has 25 heavy (non-hydrogen) atoms. The third kappa shape index (κ3) is 4.85. The Hall–Kier alpha value is -2.28. The van der Waals surface area contributed by atoms with Crippen molar-refractivity contribution in [2.45, 2.75) is 25.8 Å². The van der Waals surface area contributed by atoms with E-state index in [0.717, 1.165) is 24.1 Å². The molecule has 1 aromatic rings. The van der Waals surface area contributed by atoms with Crippen molar-refractivity contribution in [3.8, 4) is 0 Å². The molecule has 2 heterocycles. The molecule has 0 bridgehead atoms. The van der Waals surface area contributed by atoms with Crippen LogP contribution in [0.3, 0.4) is 0 Å². The Kier molecular flexibility index (Phi) is 5.75. The SMILES string of the molecule is Cc1ccc(NC(=O)NC2CCN(C(=O)N3CCOCC3)CC2)cc1. The number of urea groups is 2. The van der Waals surface area contributed by atoms with Crippen LogP contribution in [0.2, 0.25) is 0 Å². The standard InChI is InChI=1S/C18H26N4O3/c1-14-2-4-15(5-3-14)19-17(23)20-16-6-8-21(9-7-16)18(24)22-10-12-25-13-11-22/h2-5,16H,6-13H2,1H3,(H2,19,20,23). The van der Waals surface area contributed by atoms with Crippen LogP contribution in [-0.4, -0.2) is 67.3 Å². The number of likely N-dealkylation sites (tertiary alicyclic amines) is 1. The van der Waals surface area contributed by atoms with Crippen LogP contribution in [0.4, 0.5) is 15.3 Å². The summed E-state index contributed by atoms with van der Waals surface area (Å²) >= 11 is 0. The lowest BCUT2D eigenvalue weighted by molar-refractivity contribution is 0.0409. The van der Waals surface area contributed by atoms with Gasteiger partial charge in [-0.3, -0.25) is 0 Å². The van der Waals surface area contributed by atoms with E-state index in [1.54, 1.807) is 0 Å². The zero-order valence-electron chi connectivity index (χ0n) is 14.7. The molecule has 7 nitrogen and oxygen atoms in total. The topological polar surface area (TPSA) is 73.9 Å². The number of hydrogen-bond acceptors (Lipinski definition) is 3. The fourth-order valence-electron chi connectivity index (χ4n) is 3.16. The molecular weight excluding hydrogens is 320 g/mol. The van der Waals surface area contributed by atoms with Crippen LogP contribution in [0.5, 0.6) is 0 Å². The molecule has 3 rings (SSSR count). The van der Waals surface area contributed by atoms with Crippen LogP contribution in [0, 0.1) is 6.92 Å². The minimum absolute atomic E-state index is 0.0888. The molecule has 2 N–H and O–H groups in total. The highest BCUT2D eigenvalue weighted by Gasteiger charge is 2.27. The van der Waals surface area contributed by atoms with Gasteiger partial charge in [0.05, 0.1) is 13.2 Å². The highest BCUT2D eigenvalue weighted by atomic mass is 16.5. The van der Waals surface area contributed by atoms with Gasteiger partial charge in [0.15, 0.2) is 0 Å². The van der Waals surface area contributed by atoms with Crippen LogP contribution in [0.15, 0.2) is 24.3 Å². The number of amides is 4. The zero-order chi connectivity index (χ0) is 17.6. The fraction of sp³-hybridized carbons (Fsp3) is 0.556. The lowest BCUT2D eigenvalue weighted by Crippen LogP contribution is -2.53. The van der Waals surface area contributed by atoms with E-state index >= 15 is 0 Å². The van der Waals surface area contributed by atoms with Gasteiger partial charge in [0.2, 0.25) is 0 Å². The summed E-state index contributed by atoms with van der Waals surface area (Å²) in [6.07, 6.45) is 1.55. The number of ether oxygens (including phenoxy) is 1. The molecule has 136 valence electrons. The molecule has 0 radical (unpaired) electrons. The lowest BCUT2D eigenvalue weighted by atomic mass is 10.1. The quantitative estimate of drug-likeness (QED) is 0.860. The van der Waals surface area contributed by atoms with Crippen molar-refractivity contribution in [2.24, 2.45) is 0 Å². The van der Waals surface area contributed by atoms with Gasteiger partial charge in [0, 0.05) is 37.9 Å². The number of anilines is 1. The van der Waals surface area contributed by atoms with Gasteiger partial charge in [-0.25, -0.2) is 9.59 Å². The van der Waals surface area contributed by atoms with Gasteiger partial charge in [-0.15, -0.1) is 0 Å². The Morgan fingerprint density at radius 1 is 1.00 bits per heavy atom. The maximum atomic E-state index is 12.4. The molecule has 0 aliphatic carbocycles. The van der Waals surface area contributed by atoms with E-state index in [1.165, 1.54) is 0 Å². The number of nitrogens with one attached hydrogen (secondary N) is 2. The van der Waals surface area contributed by atoms with Gasteiger partial charge in [-0.2, -0.15) is 0 Å². The molecule has 1 aromatic carbocycles. The molecule has 0 saturated carbocycles. The Balaban J connectivity index is 1.41. The summed E-state index contributed by atoms with van der Waals surface area (Å²) < 4.78 is 5.29. The number of carbonyl (C=O) groups is 2. The number of hydrogen-bond donors (Lipinski definition) is 2. The Labute approximate surface area is 148 Å². The number of rotatable bonds is 2. The first-order valence-electron chi connectivity index (χ1n) is 8.87. The molecule has 7 heteroatoms. The second-order valence-electron chi connectivity index (χ2n) is 6.61. The summed E-state index contributed by atoms with van der Waals surface area (Å²) in [5.74, 6) is 0. The van der Waals surface area contributed by atoms with Crippen LogP contribution < -0.4 is 10.6 Å². The van der Waals surface area contributed by atoms with E-state index in [9.17, 15) is 9.59 Å². The van der Waals surface area contributed by atoms with E-state index in [1.807, 2.05) is 41.0 Å². The highest BCUT2D eigenvalue weighted by Crippen LogP contribution is 2.14. The predicted octanol–water partition coefficient (Wildman–Crippen LogP) is 2.03. The van der Waals surface area contributed by atoms with Crippen LogP contribution in [0.25, 0.3) is 0 Å². The smallest absolute Gasteiger partial charge is 0.320 e. The summed E-state index contributed by atoms with van der Waals surface area (Å²) in [7, 11) is 0. The summed E-state index contributed by atoms with van der Waals surface area (Å²) in [6, 6.07) is 7.69. The summed E-state index contributed by atoms with van der Waals surface area (Å²) in [4.78, 5) is 28.3. The molecule has 0 unspecified atom stereocenters. The third-order valence-corrected chi connectivity index (χ3v) is 4.69. The van der Waals surface area contributed by atoms with Gasteiger partial charge < -0.3 is 25.2 Å². The number of morpholine rings is 1. The van der Waals surface area contributed by atoms with E-state index in [2.05, 4.69) is 10.6 Å². The van der Waals surface area contributed by atoms with Crippen molar-refractivity contribution in [2.75, 3.05) is 44.7 Å². The predicted molar refractivity (Wildman–Crippen MR) is 95.7 cm³/mol. The van der Waals surface area contributed by atoms with Gasteiger partial charge in [0.1, 0.15) is 0 Å². The van der Waals surface area contributed by atoms with Crippen molar-refractivity contribution in [1.29, 1.82) is 0 Å². The second kappa shape index (κ2) is 8.20. The van der Waals surface area contributed by atoms with Crippen LogP contribution in [-0.2, 0) is 4.74 Å². The monoisotopic (exact) mass is 346 g/mol. The average molecular weight is 346 g/mol. The molecule has 4 amide bonds. The number of carbonyl (C=O) groups excluding carboxylic acids is 2. The molecule has 2 fully saturated rings. The first-order valence-corrected chi connectivity index (χ1v) is 8.87. The molecule has 0 spiro atoms. The Morgan fingerprint density at radius 2 is 1.60 bits per heavy atom. The molecule has 0 atom stereocenters. The van der Waals surface area contributed by atoms with Gasteiger partial charge in [0.25, 0.3) is 0 Å². The molecular formula is C18H26N4O3. The van der Waals surface area contributed by atoms with Crippen molar-refractivity contribution in [1.82, 2.24) is 15.1 Å². The Morgan fingerprint density at radius 3 is 2.24 bits per heavy atom. The summed E-state index contributed by atoms with van der Waals surface area (Å²) in [6.45, 7) is 5.91. The third-order valence-electron chi connectivity index (χ3n) is 4.69. The second-order valence-corrected chi connectivity index (χ2v) is 6.61. The van der Waals surface area contributed by atoms with Crippen molar-refractivity contribution >= 4 is 17.7 Å². The van der Waals surface area contributed by atoms with Crippen LogP contribution in [0.1, 0.15) is 18.4 Å². The van der Waals surface area contributed by atoms with Crippen molar-refractivity contribution < 1.29 is 14.3 Å². The van der Waals surface area contributed by atoms with E-state index in [-0.39, 0.29) is 18.1 Å². The molecule has 0 aromatic heterocycles. The highest BCUT2D eigenvalue weighted by molar-refractivity contribution is 5.89. The fourth-order valence-corrected chi connectivity index (χ4v) is 3.16. The van der Waals surface area contributed by atoms with E-state index < -0.39 is 0 Å². The molecule has 2 aliphatic heterocycles. The summed E-state index contributed by atoms with van der Waals surface area (Å²) in [5, 5.41) is 5.85. The largest absolute Gasteiger partial charge is 0.378 e. The molecule has 2 aliphatic rings. The maximum absolute atomic E-state index is 12.4. The van der Waals surface area contributed by atoms with Crippen molar-refractivity contribution in [3.05, 3.63) is 29.8 Å². The minimum atomic E-state index is -0.193. The number of benzene rings is 1. The maximum Gasteiger partial charge on any atom is 0.320 e. The molecule has 2 saturated heterocycles. The normalized spacial score (nSPS) is 18.8. The first-order chi connectivity index (χ1) is 12.1. The Bertz CT molecular complexity index is 591. The van der Waals surface area contributed by atoms with E-state index in [0.29, 0.717) is 39.4 Å². The van der Waals surface area contributed by atoms with Gasteiger partial charge in [-0.1, -0.05) is 17.7 Å². The van der Waals surface area contributed by atoms with Crippen LogP contribution >= 0.6 is 0 Å². The van der Waals surface area contributed by atoms with Gasteiger partial charge in [-0.05, 0) is 31.9 Å². The van der Waals surface area contributed by atoms with Crippen molar-refractivity contribution in [3.63, 3.8) is 0 Å². The van der Waals surface area contributed by atoms with E-state index in [4.69, 9.17) is 4.74 Å². The summed E-state index contributed by atoms with van der Waals surface area (Å²) in [5.41, 5.74) is 1.94. The lowest BCUT2D eigenvalue weighted by Gasteiger charge is -2.37. The number of piperidine rings is 1.